The number of unbranched alkanes of at least 4 members (excludes halogenated alkanes) is 1. The molecule has 0 bridgehead atoms. The van der Waals surface area contributed by atoms with Gasteiger partial charge >= 0.3 is 0 Å². The Hall–Kier alpha value is -0.650. The molecule has 2 heterocycles. The van der Waals surface area contributed by atoms with Gasteiger partial charge in [0.25, 0.3) is 0 Å². The Morgan fingerprint density at radius 1 is 1.58 bits per heavy atom. The van der Waals surface area contributed by atoms with Crippen molar-refractivity contribution in [3.63, 3.8) is 0 Å². The molecular formula is C13H22ClN3OS. The molecule has 1 atom stereocenters. The van der Waals surface area contributed by atoms with Gasteiger partial charge in [-0.05, 0) is 45.6 Å². The third kappa shape index (κ3) is 5.47. The second-order valence-electron chi connectivity index (χ2n) is 4.78. The van der Waals surface area contributed by atoms with E-state index >= 15 is 0 Å². The maximum atomic E-state index is 11.7. The van der Waals surface area contributed by atoms with Crippen molar-refractivity contribution in [2.24, 2.45) is 0 Å². The Kier molecular flexibility index (Phi) is 7.34. The summed E-state index contributed by atoms with van der Waals surface area (Å²) in [6, 6.07) is 0.0478. The highest BCUT2D eigenvalue weighted by Crippen LogP contribution is 2.11. The van der Waals surface area contributed by atoms with Crippen LogP contribution in [0.2, 0.25) is 0 Å². The number of thiazole rings is 1. The van der Waals surface area contributed by atoms with Crippen LogP contribution in [0.25, 0.3) is 0 Å². The van der Waals surface area contributed by atoms with Crippen LogP contribution in [0.5, 0.6) is 0 Å². The van der Waals surface area contributed by atoms with Crippen LogP contribution in [0.4, 0.5) is 0 Å². The van der Waals surface area contributed by atoms with Gasteiger partial charge in [0, 0.05) is 17.6 Å². The minimum atomic E-state index is 0. The molecule has 1 aromatic rings. The molecular weight excluding hydrogens is 282 g/mol. The van der Waals surface area contributed by atoms with Crippen LogP contribution in [0.1, 0.15) is 36.4 Å². The van der Waals surface area contributed by atoms with Crippen molar-refractivity contribution in [1.29, 1.82) is 0 Å². The molecule has 0 aliphatic carbocycles. The summed E-state index contributed by atoms with van der Waals surface area (Å²) in [5.74, 6) is 0.164. The van der Waals surface area contributed by atoms with Gasteiger partial charge in [0.05, 0.1) is 11.0 Å². The lowest BCUT2D eigenvalue weighted by Crippen LogP contribution is -2.40. The van der Waals surface area contributed by atoms with E-state index in [4.69, 9.17) is 0 Å². The van der Waals surface area contributed by atoms with E-state index in [1.165, 1.54) is 5.01 Å². The first-order valence-corrected chi connectivity index (χ1v) is 7.56. The van der Waals surface area contributed by atoms with Gasteiger partial charge in [-0.15, -0.1) is 23.7 Å². The largest absolute Gasteiger partial charge is 0.355 e. The van der Waals surface area contributed by atoms with Gasteiger partial charge in [-0.3, -0.25) is 4.79 Å². The summed E-state index contributed by atoms with van der Waals surface area (Å²) in [6.07, 6.45) is 5.23. The summed E-state index contributed by atoms with van der Waals surface area (Å²) in [7, 11) is 0. The lowest BCUT2D eigenvalue weighted by atomic mass is 10.2. The molecule has 2 N–H and O–H groups in total. The van der Waals surface area contributed by atoms with Crippen LogP contribution in [-0.4, -0.2) is 30.0 Å². The highest BCUT2D eigenvalue weighted by Gasteiger charge is 2.20. The molecule has 0 radical (unpaired) electrons. The smallest absolute Gasteiger partial charge is 0.237 e. The fraction of sp³-hybridized carbons (Fsp3) is 0.692. The van der Waals surface area contributed by atoms with Crippen LogP contribution in [0.15, 0.2) is 5.38 Å². The number of nitrogens with zero attached hydrogens (tertiary/aromatic N) is 1. The topological polar surface area (TPSA) is 54.0 Å². The zero-order valence-corrected chi connectivity index (χ0v) is 12.9. The second kappa shape index (κ2) is 8.51. The van der Waals surface area contributed by atoms with Crippen LogP contribution in [0, 0.1) is 6.92 Å². The first-order valence-electron chi connectivity index (χ1n) is 6.68. The van der Waals surface area contributed by atoms with Gasteiger partial charge in [0.1, 0.15) is 0 Å². The van der Waals surface area contributed by atoms with E-state index in [2.05, 4.69) is 21.0 Å². The molecule has 1 aliphatic rings. The van der Waals surface area contributed by atoms with E-state index in [0.717, 1.165) is 50.9 Å². The van der Waals surface area contributed by atoms with E-state index in [9.17, 15) is 4.79 Å². The van der Waals surface area contributed by atoms with Gasteiger partial charge in [0.2, 0.25) is 5.91 Å². The summed E-state index contributed by atoms with van der Waals surface area (Å²) in [4.78, 5) is 16.1. The Labute approximate surface area is 124 Å². The molecule has 6 heteroatoms. The minimum absolute atomic E-state index is 0. The molecule has 1 fully saturated rings. The molecule has 19 heavy (non-hydrogen) atoms. The normalized spacial score (nSPS) is 18.1. The number of carbonyl (C=O) groups is 1. The number of aryl methyl sites for hydroxylation is 2. The first-order chi connectivity index (χ1) is 8.75. The summed E-state index contributed by atoms with van der Waals surface area (Å²) < 4.78 is 0. The first kappa shape index (κ1) is 16.4. The molecule has 0 spiro atoms. The fourth-order valence-corrected chi connectivity index (χ4v) is 2.98. The molecule has 1 saturated heterocycles. The average molecular weight is 304 g/mol. The van der Waals surface area contributed by atoms with E-state index in [0.29, 0.717) is 0 Å². The van der Waals surface area contributed by atoms with Crippen LogP contribution in [0.3, 0.4) is 0 Å². The highest BCUT2D eigenvalue weighted by molar-refractivity contribution is 7.09. The van der Waals surface area contributed by atoms with Gasteiger partial charge < -0.3 is 10.6 Å². The SMILES string of the molecule is Cc1csc(CCCCNC(=O)[C@@H]2CCCN2)n1.Cl. The Morgan fingerprint density at radius 2 is 2.42 bits per heavy atom. The Bertz CT molecular complexity index is 391. The number of carbonyl (C=O) groups excluding carboxylic acids is 1. The Morgan fingerprint density at radius 3 is 3.05 bits per heavy atom. The standard InChI is InChI=1S/C13H21N3OS.ClH/c1-10-9-18-12(16-10)6-2-3-7-15-13(17)11-5-4-8-14-11;/h9,11,14H,2-8H2,1H3,(H,15,17);1H/t11-;/m0./s1. The van der Waals surface area contributed by atoms with E-state index in [1.54, 1.807) is 11.3 Å². The van der Waals surface area contributed by atoms with Crippen LogP contribution >= 0.6 is 23.7 Å². The summed E-state index contributed by atoms with van der Waals surface area (Å²) >= 11 is 1.73. The van der Waals surface area contributed by atoms with E-state index in [1.807, 2.05) is 6.92 Å². The van der Waals surface area contributed by atoms with Crippen molar-refractivity contribution in [1.82, 2.24) is 15.6 Å². The van der Waals surface area contributed by atoms with E-state index < -0.39 is 0 Å². The van der Waals surface area contributed by atoms with Crippen LogP contribution < -0.4 is 10.6 Å². The third-order valence-electron chi connectivity index (χ3n) is 3.16. The lowest BCUT2D eigenvalue weighted by Gasteiger charge is -2.10. The second-order valence-corrected chi connectivity index (χ2v) is 5.72. The number of halogens is 1. The van der Waals surface area contributed by atoms with Crippen molar-refractivity contribution in [2.45, 2.75) is 45.1 Å². The van der Waals surface area contributed by atoms with Crippen molar-refractivity contribution < 1.29 is 4.79 Å². The molecule has 1 aliphatic heterocycles. The lowest BCUT2D eigenvalue weighted by molar-refractivity contribution is -0.122. The zero-order valence-electron chi connectivity index (χ0n) is 11.3. The molecule has 0 saturated carbocycles. The van der Waals surface area contributed by atoms with Crippen LogP contribution in [-0.2, 0) is 11.2 Å². The van der Waals surface area contributed by atoms with Crippen molar-refractivity contribution >= 4 is 29.7 Å². The third-order valence-corrected chi connectivity index (χ3v) is 4.19. The number of hydrogen-bond donors (Lipinski definition) is 2. The van der Waals surface area contributed by atoms with Crippen molar-refractivity contribution in [3.05, 3.63) is 16.1 Å². The van der Waals surface area contributed by atoms with Gasteiger partial charge in [0.15, 0.2) is 0 Å². The molecule has 0 aromatic carbocycles. The number of aromatic nitrogens is 1. The Balaban J connectivity index is 0.00000180. The van der Waals surface area contributed by atoms with Crippen molar-refractivity contribution in [2.75, 3.05) is 13.1 Å². The fourth-order valence-electron chi connectivity index (χ4n) is 2.16. The van der Waals surface area contributed by atoms with Gasteiger partial charge in [-0.1, -0.05) is 0 Å². The van der Waals surface area contributed by atoms with Crippen molar-refractivity contribution in [3.8, 4) is 0 Å². The highest BCUT2D eigenvalue weighted by atomic mass is 35.5. The number of nitrogens with one attached hydrogen (secondary N) is 2. The number of hydrogen-bond acceptors (Lipinski definition) is 4. The minimum Gasteiger partial charge on any atom is -0.355 e. The molecule has 0 unspecified atom stereocenters. The quantitative estimate of drug-likeness (QED) is 0.791. The predicted molar refractivity (Wildman–Crippen MR) is 81.1 cm³/mol. The summed E-state index contributed by atoms with van der Waals surface area (Å²) in [5, 5.41) is 9.49. The number of amides is 1. The summed E-state index contributed by atoms with van der Waals surface area (Å²) in [6.45, 7) is 3.78. The average Bonchev–Trinajstić information content (AvgIpc) is 2.99. The molecule has 1 aromatic heterocycles. The molecule has 2 rings (SSSR count). The molecule has 108 valence electrons. The number of rotatable bonds is 6. The zero-order chi connectivity index (χ0) is 12.8. The van der Waals surface area contributed by atoms with Gasteiger partial charge in [-0.25, -0.2) is 4.98 Å². The molecule has 4 nitrogen and oxygen atoms in total. The monoisotopic (exact) mass is 303 g/mol. The van der Waals surface area contributed by atoms with Gasteiger partial charge in [-0.2, -0.15) is 0 Å². The maximum Gasteiger partial charge on any atom is 0.237 e. The predicted octanol–water partition coefficient (Wildman–Crippen LogP) is 2.06. The maximum absolute atomic E-state index is 11.7. The summed E-state index contributed by atoms with van der Waals surface area (Å²) in [5.41, 5.74) is 1.11. The molecule has 1 amide bonds. The van der Waals surface area contributed by atoms with E-state index in [-0.39, 0.29) is 24.4 Å².